The van der Waals surface area contributed by atoms with E-state index in [4.69, 9.17) is 0 Å². The van der Waals surface area contributed by atoms with Gasteiger partial charge in [-0.3, -0.25) is 19.3 Å². The van der Waals surface area contributed by atoms with Crippen molar-refractivity contribution in [3.8, 4) is 0 Å². The Labute approximate surface area is 177 Å². The van der Waals surface area contributed by atoms with Crippen LogP contribution in [0, 0.1) is 12.3 Å². The first-order valence-electron chi connectivity index (χ1n) is 10.9. The van der Waals surface area contributed by atoms with E-state index in [1.165, 1.54) is 5.56 Å². The number of benzene rings is 1. The molecular formula is C24H28N4O2. The minimum absolute atomic E-state index is 0.0430. The minimum Gasteiger partial charge on any atom is -0.339 e. The van der Waals surface area contributed by atoms with Gasteiger partial charge >= 0.3 is 0 Å². The van der Waals surface area contributed by atoms with E-state index in [1.54, 1.807) is 0 Å². The van der Waals surface area contributed by atoms with E-state index < -0.39 is 0 Å². The molecule has 2 aromatic rings. The second-order valence-electron chi connectivity index (χ2n) is 9.38. The Kier molecular flexibility index (Phi) is 4.42. The highest BCUT2D eigenvalue weighted by atomic mass is 16.2. The Hall–Kier alpha value is -2.76. The minimum atomic E-state index is -0.0430. The summed E-state index contributed by atoms with van der Waals surface area (Å²) >= 11 is 0. The molecule has 5 rings (SSSR count). The van der Waals surface area contributed by atoms with Gasteiger partial charge in [0.25, 0.3) is 5.91 Å². The average molecular weight is 405 g/mol. The molecule has 30 heavy (non-hydrogen) atoms. The third kappa shape index (κ3) is 3.01. The monoisotopic (exact) mass is 404 g/mol. The predicted molar refractivity (Wildman–Crippen MR) is 116 cm³/mol. The van der Waals surface area contributed by atoms with E-state index in [-0.39, 0.29) is 23.1 Å². The summed E-state index contributed by atoms with van der Waals surface area (Å²) in [4.78, 5) is 32.5. The number of piperidine rings is 1. The van der Waals surface area contributed by atoms with E-state index in [1.807, 2.05) is 40.9 Å². The number of nitrogens with zero attached hydrogens (tertiary/aromatic N) is 4. The van der Waals surface area contributed by atoms with Crippen LogP contribution in [0.25, 0.3) is 0 Å². The SMILES string of the molecule is Cc1nn(C(C)C)c2c1CC1(CCN(C(=O)c3ccc4c(c3)N=CC4)CC1)CC2=O. The van der Waals surface area contributed by atoms with E-state index in [0.717, 1.165) is 48.3 Å². The topological polar surface area (TPSA) is 67.6 Å². The maximum Gasteiger partial charge on any atom is 0.253 e. The molecule has 0 atom stereocenters. The molecule has 1 aromatic carbocycles. The molecule has 156 valence electrons. The molecule has 1 aliphatic carbocycles. The molecule has 0 saturated carbocycles. The van der Waals surface area contributed by atoms with Crippen molar-refractivity contribution >= 4 is 23.6 Å². The van der Waals surface area contributed by atoms with Gasteiger partial charge in [-0.1, -0.05) is 6.07 Å². The van der Waals surface area contributed by atoms with Crippen molar-refractivity contribution in [1.82, 2.24) is 14.7 Å². The van der Waals surface area contributed by atoms with Gasteiger partial charge < -0.3 is 4.90 Å². The number of aliphatic imine (C=N–C) groups is 1. The molecule has 3 aliphatic rings. The van der Waals surface area contributed by atoms with Crippen molar-refractivity contribution in [1.29, 1.82) is 0 Å². The lowest BCUT2D eigenvalue weighted by atomic mass is 9.66. The molecule has 3 heterocycles. The first-order valence-corrected chi connectivity index (χ1v) is 10.9. The smallest absolute Gasteiger partial charge is 0.253 e. The lowest BCUT2D eigenvalue weighted by molar-refractivity contribution is 0.0517. The number of likely N-dealkylation sites (tertiary alicyclic amines) is 1. The summed E-state index contributed by atoms with van der Waals surface area (Å²) < 4.78 is 1.90. The quantitative estimate of drug-likeness (QED) is 0.757. The summed E-state index contributed by atoms with van der Waals surface area (Å²) in [5.74, 6) is 0.281. The highest BCUT2D eigenvalue weighted by Gasteiger charge is 2.44. The second kappa shape index (κ2) is 6.89. The molecule has 6 heteroatoms. The molecule has 0 unspecified atom stereocenters. The zero-order valence-electron chi connectivity index (χ0n) is 17.9. The van der Waals surface area contributed by atoms with Crippen LogP contribution in [-0.4, -0.2) is 45.7 Å². The number of ketones is 1. The van der Waals surface area contributed by atoms with Gasteiger partial charge in [-0.2, -0.15) is 5.10 Å². The number of aryl methyl sites for hydroxylation is 1. The Bertz CT molecular complexity index is 1070. The summed E-state index contributed by atoms with van der Waals surface area (Å²) in [5.41, 5.74) is 5.67. The van der Waals surface area contributed by atoms with E-state index >= 15 is 0 Å². The van der Waals surface area contributed by atoms with Crippen molar-refractivity contribution in [2.24, 2.45) is 10.4 Å². The maximum atomic E-state index is 13.1. The molecule has 6 nitrogen and oxygen atoms in total. The fourth-order valence-electron chi connectivity index (χ4n) is 5.28. The summed E-state index contributed by atoms with van der Waals surface area (Å²) in [6.45, 7) is 7.54. The molecule has 1 aromatic heterocycles. The Morgan fingerprint density at radius 3 is 2.67 bits per heavy atom. The van der Waals surface area contributed by atoms with Crippen LogP contribution in [0.15, 0.2) is 23.2 Å². The molecule has 1 spiro atoms. The van der Waals surface area contributed by atoms with Crippen LogP contribution in [0.4, 0.5) is 5.69 Å². The van der Waals surface area contributed by atoms with Gasteiger partial charge in [-0.25, -0.2) is 0 Å². The van der Waals surface area contributed by atoms with Crippen LogP contribution < -0.4 is 0 Å². The summed E-state index contributed by atoms with van der Waals surface area (Å²) in [5, 5.41) is 4.65. The fraction of sp³-hybridized carbons (Fsp3) is 0.500. The van der Waals surface area contributed by atoms with Crippen molar-refractivity contribution in [2.45, 2.75) is 58.9 Å². The molecule has 1 saturated heterocycles. The van der Waals surface area contributed by atoms with Gasteiger partial charge in [0.1, 0.15) is 5.69 Å². The van der Waals surface area contributed by atoms with Crippen molar-refractivity contribution in [3.63, 3.8) is 0 Å². The number of fused-ring (bicyclic) bond motifs is 2. The standard InChI is InChI=1S/C24H28N4O2/c1-15(2)28-22-19(16(3)26-28)13-24(14-21(22)29)7-10-27(11-8-24)23(30)18-5-4-17-6-9-25-20(17)12-18/h4-5,9,12,15H,6-8,10-11,13-14H2,1-3H3. The molecule has 1 fully saturated rings. The van der Waals surface area contributed by atoms with Crippen molar-refractivity contribution in [2.75, 3.05) is 13.1 Å². The van der Waals surface area contributed by atoms with E-state index in [2.05, 4.69) is 23.9 Å². The Morgan fingerprint density at radius 1 is 1.17 bits per heavy atom. The van der Waals surface area contributed by atoms with Crippen molar-refractivity contribution < 1.29 is 9.59 Å². The largest absolute Gasteiger partial charge is 0.339 e. The van der Waals surface area contributed by atoms with Crippen LogP contribution in [0.2, 0.25) is 0 Å². The summed E-state index contributed by atoms with van der Waals surface area (Å²) in [7, 11) is 0. The number of hydrogen-bond donors (Lipinski definition) is 0. The second-order valence-corrected chi connectivity index (χ2v) is 9.38. The maximum absolute atomic E-state index is 13.1. The normalized spacial score (nSPS) is 19.5. The zero-order chi connectivity index (χ0) is 21.0. The first kappa shape index (κ1) is 19.2. The van der Waals surface area contributed by atoms with E-state index in [9.17, 15) is 9.59 Å². The molecule has 0 radical (unpaired) electrons. The number of carbonyl (C=O) groups excluding carboxylic acids is 2. The number of Topliss-reactive ketones (excluding diaryl/α,β-unsaturated/α-hetero) is 1. The van der Waals surface area contributed by atoms with Crippen LogP contribution >= 0.6 is 0 Å². The number of aromatic nitrogens is 2. The fourth-order valence-corrected chi connectivity index (χ4v) is 5.28. The molecule has 1 amide bonds. The summed E-state index contributed by atoms with van der Waals surface area (Å²) in [6.07, 6.45) is 5.91. The van der Waals surface area contributed by atoms with Crippen LogP contribution in [0.5, 0.6) is 0 Å². The number of amides is 1. The van der Waals surface area contributed by atoms with Gasteiger partial charge in [0, 0.05) is 49.3 Å². The first-order chi connectivity index (χ1) is 14.4. The van der Waals surface area contributed by atoms with E-state index in [0.29, 0.717) is 25.1 Å². The average Bonchev–Trinajstić information content (AvgIpc) is 3.32. The number of carbonyl (C=O) groups is 2. The highest BCUT2D eigenvalue weighted by Crippen LogP contribution is 2.45. The Morgan fingerprint density at radius 2 is 1.93 bits per heavy atom. The van der Waals surface area contributed by atoms with Crippen LogP contribution in [0.3, 0.4) is 0 Å². The highest BCUT2D eigenvalue weighted by molar-refractivity contribution is 5.98. The third-order valence-corrected chi connectivity index (χ3v) is 7.04. The van der Waals surface area contributed by atoms with Crippen LogP contribution in [-0.2, 0) is 12.8 Å². The van der Waals surface area contributed by atoms with Crippen molar-refractivity contribution in [3.05, 3.63) is 46.3 Å². The lowest BCUT2D eigenvalue weighted by Crippen LogP contribution is -2.46. The van der Waals surface area contributed by atoms with Gasteiger partial charge in [0.2, 0.25) is 0 Å². The Balaban J connectivity index is 1.33. The number of hydrogen-bond acceptors (Lipinski definition) is 4. The lowest BCUT2D eigenvalue weighted by Gasteiger charge is -2.43. The third-order valence-electron chi connectivity index (χ3n) is 7.04. The molecule has 0 bridgehead atoms. The van der Waals surface area contributed by atoms with Gasteiger partial charge in [0.15, 0.2) is 5.78 Å². The summed E-state index contributed by atoms with van der Waals surface area (Å²) in [6, 6.07) is 6.02. The van der Waals surface area contributed by atoms with Gasteiger partial charge in [-0.05, 0) is 63.1 Å². The predicted octanol–water partition coefficient (Wildman–Crippen LogP) is 4.08. The van der Waals surface area contributed by atoms with Crippen LogP contribution in [0.1, 0.15) is 76.8 Å². The molecule has 2 aliphatic heterocycles. The number of rotatable bonds is 2. The zero-order valence-corrected chi connectivity index (χ0v) is 17.9. The van der Waals surface area contributed by atoms with Gasteiger partial charge in [0.05, 0.1) is 11.4 Å². The molecular weight excluding hydrogens is 376 g/mol. The molecule has 0 N–H and O–H groups in total. The van der Waals surface area contributed by atoms with Gasteiger partial charge in [-0.15, -0.1) is 0 Å².